The van der Waals surface area contributed by atoms with Crippen LogP contribution in [0.1, 0.15) is 13.8 Å². The smallest absolute Gasteiger partial charge is 0.267 e. The van der Waals surface area contributed by atoms with Crippen LogP contribution < -0.4 is 10.3 Å². The summed E-state index contributed by atoms with van der Waals surface area (Å²) >= 11 is 0. The predicted molar refractivity (Wildman–Crippen MR) is 42.8 cm³/mol. The van der Waals surface area contributed by atoms with Crippen LogP contribution >= 0.6 is 0 Å². The average molecular weight is 156 g/mol. The van der Waals surface area contributed by atoms with Crippen molar-refractivity contribution in [3.8, 4) is 5.75 Å². The molecule has 0 fully saturated rings. The fourth-order valence-corrected chi connectivity index (χ4v) is 0.470. The molecule has 62 valence electrons. The molecule has 0 aromatic carbocycles. The first-order valence-corrected chi connectivity index (χ1v) is 3.41. The molecule has 0 radical (unpaired) electrons. The number of nitrogens with zero attached hydrogens (tertiary/aromatic N) is 1. The van der Waals surface area contributed by atoms with Crippen molar-refractivity contribution >= 4 is 0 Å². The standard InChI is InChI=1S/C5H6N2O2.C2H6/c1-9-4-2-5(8)7-6-3-4;1-2/h2-3H,1H3,(H,7,8);1-2H3. The summed E-state index contributed by atoms with van der Waals surface area (Å²) in [5, 5.41) is 5.71. The zero-order valence-corrected chi connectivity index (χ0v) is 6.92. The number of methoxy groups -OCH3 is 1. The van der Waals surface area contributed by atoms with Crippen molar-refractivity contribution in [2.75, 3.05) is 7.11 Å². The van der Waals surface area contributed by atoms with Gasteiger partial charge in [0.25, 0.3) is 5.56 Å². The maximum absolute atomic E-state index is 10.5. The Hall–Kier alpha value is -1.32. The molecule has 4 heteroatoms. The van der Waals surface area contributed by atoms with Crippen molar-refractivity contribution in [3.05, 3.63) is 22.6 Å². The van der Waals surface area contributed by atoms with Gasteiger partial charge >= 0.3 is 0 Å². The van der Waals surface area contributed by atoms with Crippen molar-refractivity contribution in [3.63, 3.8) is 0 Å². The second-order valence-electron chi connectivity index (χ2n) is 1.49. The lowest BCUT2D eigenvalue weighted by atomic mass is 10.5. The lowest BCUT2D eigenvalue weighted by Gasteiger charge is -1.92. The Bertz CT molecular complexity index is 244. The van der Waals surface area contributed by atoms with Crippen molar-refractivity contribution < 1.29 is 4.74 Å². The molecule has 0 atom stereocenters. The predicted octanol–water partition coefficient (Wildman–Crippen LogP) is 0.805. The second-order valence-corrected chi connectivity index (χ2v) is 1.49. The van der Waals surface area contributed by atoms with E-state index in [-0.39, 0.29) is 5.56 Å². The number of hydrogen-bond acceptors (Lipinski definition) is 3. The van der Waals surface area contributed by atoms with E-state index in [1.54, 1.807) is 0 Å². The van der Waals surface area contributed by atoms with Crippen LogP contribution in [0.2, 0.25) is 0 Å². The van der Waals surface area contributed by atoms with Gasteiger partial charge in [0.15, 0.2) is 0 Å². The van der Waals surface area contributed by atoms with Crippen LogP contribution in [-0.2, 0) is 0 Å². The molecule has 1 heterocycles. The van der Waals surface area contributed by atoms with Gasteiger partial charge in [-0.15, -0.1) is 0 Å². The van der Waals surface area contributed by atoms with Gasteiger partial charge in [-0.25, -0.2) is 5.10 Å². The zero-order chi connectivity index (χ0) is 8.69. The van der Waals surface area contributed by atoms with Crippen LogP contribution in [0.3, 0.4) is 0 Å². The molecule has 0 aliphatic rings. The molecule has 0 bridgehead atoms. The third-order valence-electron chi connectivity index (χ3n) is 0.876. The Kier molecular flexibility index (Phi) is 4.81. The quantitative estimate of drug-likeness (QED) is 0.654. The summed E-state index contributed by atoms with van der Waals surface area (Å²) in [6, 6.07) is 1.33. The summed E-state index contributed by atoms with van der Waals surface area (Å²) in [5.74, 6) is 0.471. The second kappa shape index (κ2) is 5.46. The highest BCUT2D eigenvalue weighted by molar-refractivity contribution is 5.12. The van der Waals surface area contributed by atoms with E-state index in [4.69, 9.17) is 4.74 Å². The molecule has 1 rings (SSSR count). The van der Waals surface area contributed by atoms with Gasteiger partial charge < -0.3 is 4.74 Å². The van der Waals surface area contributed by atoms with E-state index in [0.717, 1.165) is 0 Å². The number of aromatic amines is 1. The van der Waals surface area contributed by atoms with E-state index in [2.05, 4.69) is 10.2 Å². The van der Waals surface area contributed by atoms with Crippen molar-refractivity contribution in [2.24, 2.45) is 0 Å². The fourth-order valence-electron chi connectivity index (χ4n) is 0.470. The van der Waals surface area contributed by atoms with Crippen LogP contribution in [0.5, 0.6) is 5.75 Å². The van der Waals surface area contributed by atoms with Gasteiger partial charge in [-0.3, -0.25) is 4.79 Å². The Morgan fingerprint density at radius 1 is 1.55 bits per heavy atom. The van der Waals surface area contributed by atoms with Gasteiger partial charge in [0.05, 0.1) is 13.3 Å². The molecule has 1 N–H and O–H groups in total. The molecule has 0 spiro atoms. The molecule has 1 aromatic heterocycles. The first kappa shape index (κ1) is 9.68. The van der Waals surface area contributed by atoms with Crippen LogP contribution in [0.25, 0.3) is 0 Å². The molecular formula is C7H12N2O2. The van der Waals surface area contributed by atoms with Crippen LogP contribution in [-0.4, -0.2) is 17.3 Å². The van der Waals surface area contributed by atoms with E-state index < -0.39 is 0 Å². The van der Waals surface area contributed by atoms with Crippen molar-refractivity contribution in [2.45, 2.75) is 13.8 Å². The average Bonchev–Trinajstić information content (AvgIpc) is 2.08. The van der Waals surface area contributed by atoms with Crippen LogP contribution in [0.15, 0.2) is 17.1 Å². The molecule has 4 nitrogen and oxygen atoms in total. The molecule has 1 aromatic rings. The highest BCUT2D eigenvalue weighted by Gasteiger charge is 1.88. The van der Waals surface area contributed by atoms with Gasteiger partial charge in [-0.1, -0.05) is 13.8 Å². The number of ether oxygens (including phenoxy) is 1. The Morgan fingerprint density at radius 3 is 2.55 bits per heavy atom. The fraction of sp³-hybridized carbons (Fsp3) is 0.429. The van der Waals surface area contributed by atoms with Crippen LogP contribution in [0.4, 0.5) is 0 Å². The minimum atomic E-state index is -0.255. The molecule has 0 saturated heterocycles. The third kappa shape index (κ3) is 3.40. The lowest BCUT2D eigenvalue weighted by molar-refractivity contribution is 0.411. The normalized spacial score (nSPS) is 7.91. The maximum Gasteiger partial charge on any atom is 0.267 e. The lowest BCUT2D eigenvalue weighted by Crippen LogP contribution is -2.05. The SMILES string of the molecule is CC.COc1cn[nH]c(=O)c1. The van der Waals surface area contributed by atoms with E-state index in [9.17, 15) is 4.79 Å². The Morgan fingerprint density at radius 2 is 2.18 bits per heavy atom. The molecule has 0 unspecified atom stereocenters. The van der Waals surface area contributed by atoms with E-state index in [1.807, 2.05) is 13.8 Å². The summed E-state index contributed by atoms with van der Waals surface area (Å²) in [4.78, 5) is 10.5. The van der Waals surface area contributed by atoms with E-state index in [1.165, 1.54) is 19.4 Å². The summed E-state index contributed by atoms with van der Waals surface area (Å²) in [6.07, 6.45) is 1.43. The van der Waals surface area contributed by atoms with Gasteiger partial charge in [-0.2, -0.15) is 5.10 Å². The van der Waals surface area contributed by atoms with Gasteiger partial charge in [0, 0.05) is 6.07 Å². The first-order chi connectivity index (χ1) is 5.33. The highest BCUT2D eigenvalue weighted by Crippen LogP contribution is 1.98. The topological polar surface area (TPSA) is 55.0 Å². The number of aromatic nitrogens is 2. The number of rotatable bonds is 1. The van der Waals surface area contributed by atoms with Crippen LogP contribution in [0, 0.1) is 0 Å². The van der Waals surface area contributed by atoms with E-state index >= 15 is 0 Å². The third-order valence-corrected chi connectivity index (χ3v) is 0.876. The van der Waals surface area contributed by atoms with Gasteiger partial charge in [-0.05, 0) is 0 Å². The van der Waals surface area contributed by atoms with Gasteiger partial charge in [0.1, 0.15) is 5.75 Å². The summed E-state index contributed by atoms with van der Waals surface area (Å²) < 4.78 is 4.71. The maximum atomic E-state index is 10.5. The zero-order valence-electron chi connectivity index (χ0n) is 6.92. The first-order valence-electron chi connectivity index (χ1n) is 3.41. The highest BCUT2D eigenvalue weighted by atomic mass is 16.5. The van der Waals surface area contributed by atoms with Gasteiger partial charge in [0.2, 0.25) is 0 Å². The minimum Gasteiger partial charge on any atom is -0.495 e. The summed E-state index contributed by atoms with van der Waals surface area (Å²) in [6.45, 7) is 4.00. The number of nitrogens with one attached hydrogen (secondary N) is 1. The monoisotopic (exact) mass is 156 g/mol. The molecule has 0 aliphatic heterocycles. The molecule has 0 saturated carbocycles. The van der Waals surface area contributed by atoms with E-state index in [0.29, 0.717) is 5.75 Å². The Balaban J connectivity index is 0.000000461. The Labute approximate surface area is 65.2 Å². The molecule has 0 amide bonds. The number of hydrogen-bond donors (Lipinski definition) is 1. The van der Waals surface area contributed by atoms with Crippen molar-refractivity contribution in [1.82, 2.24) is 10.2 Å². The largest absolute Gasteiger partial charge is 0.495 e. The molecular weight excluding hydrogens is 144 g/mol. The minimum absolute atomic E-state index is 0.255. The molecule has 11 heavy (non-hydrogen) atoms. The summed E-state index contributed by atoms with van der Waals surface area (Å²) in [7, 11) is 1.48. The number of H-pyrrole nitrogens is 1. The molecule has 0 aliphatic carbocycles. The van der Waals surface area contributed by atoms with Crippen molar-refractivity contribution in [1.29, 1.82) is 0 Å². The summed E-state index contributed by atoms with van der Waals surface area (Å²) in [5.41, 5.74) is -0.255.